The molecule has 0 bridgehead atoms. The van der Waals surface area contributed by atoms with E-state index in [1.165, 1.54) is 33.4 Å². The van der Waals surface area contributed by atoms with Crippen LogP contribution in [0.1, 0.15) is 60.6 Å². The average Bonchev–Trinajstić information content (AvgIpc) is 3.92. The molecular weight excluding hydrogens is 1060 g/mol. The Kier molecular flexibility index (Phi) is 22.8. The van der Waals surface area contributed by atoms with Gasteiger partial charge in [-0.05, 0) is 187 Å². The number of benzene rings is 7. The molecule has 0 radical (unpaired) electrons. The average molecular weight is 1150 g/mol. The molecule has 2 unspecified atom stereocenters. The number of hydrogen-bond acceptors (Lipinski definition) is 16. The molecule has 0 fully saturated rings. The molecule has 0 amide bonds. The lowest BCUT2D eigenvalue weighted by atomic mass is 10.1. The summed E-state index contributed by atoms with van der Waals surface area (Å²) in [5.41, 5.74) is 15.3. The van der Waals surface area contributed by atoms with E-state index in [0.717, 1.165) is 177 Å². The molecule has 16 nitrogen and oxygen atoms in total. The van der Waals surface area contributed by atoms with E-state index < -0.39 is 0 Å². The quantitative estimate of drug-likeness (QED) is 0.0892. The van der Waals surface area contributed by atoms with Crippen molar-refractivity contribution in [3.8, 4) is 51.7 Å². The monoisotopic (exact) mass is 1150 g/mol. The van der Waals surface area contributed by atoms with E-state index in [4.69, 9.17) is 42.6 Å². The summed E-state index contributed by atoms with van der Waals surface area (Å²) in [6, 6.07) is 41.2. The van der Waals surface area contributed by atoms with E-state index in [0.29, 0.717) is 12.6 Å². The number of nitrogens with one attached hydrogen (secondary N) is 7. The zero-order chi connectivity index (χ0) is 59.2. The first kappa shape index (κ1) is 61.4. The molecule has 0 aromatic heterocycles. The first-order chi connectivity index (χ1) is 40.8. The van der Waals surface area contributed by atoms with Crippen LogP contribution in [0.2, 0.25) is 0 Å². The van der Waals surface area contributed by atoms with Crippen molar-refractivity contribution in [1.29, 1.82) is 0 Å². The number of hydrogen-bond donors (Lipinski definition) is 7. The van der Waals surface area contributed by atoms with Crippen molar-refractivity contribution in [2.45, 2.75) is 80.9 Å². The van der Waals surface area contributed by atoms with Crippen molar-refractivity contribution < 1.29 is 42.6 Å². The lowest BCUT2D eigenvalue weighted by molar-refractivity contribution is 0.226. The van der Waals surface area contributed by atoms with Gasteiger partial charge in [-0.3, -0.25) is 0 Å². The summed E-state index contributed by atoms with van der Waals surface area (Å²) in [5.74, 6) is 8.38. The van der Waals surface area contributed by atoms with E-state index >= 15 is 0 Å². The number of ether oxygens (including phenoxy) is 9. The summed E-state index contributed by atoms with van der Waals surface area (Å²) in [5, 5.41) is 23.1. The molecule has 7 aliphatic rings. The smallest absolute Gasteiger partial charge is 0.146 e. The molecule has 14 rings (SSSR count). The van der Waals surface area contributed by atoms with Gasteiger partial charge in [0, 0.05) is 44.9 Å². The maximum absolute atomic E-state index is 5.65. The first-order valence-corrected chi connectivity index (χ1v) is 29.4. The summed E-state index contributed by atoms with van der Waals surface area (Å²) < 4.78 is 49.0. The molecule has 16 heteroatoms. The van der Waals surface area contributed by atoms with Gasteiger partial charge in [0.05, 0.1) is 72.7 Å². The highest BCUT2D eigenvalue weighted by molar-refractivity contribution is 5.64. The molecule has 7 aliphatic heterocycles. The molecule has 0 spiro atoms. The largest absolute Gasteiger partial charge is 0.497 e. The Morgan fingerprint density at radius 2 is 0.810 bits per heavy atom. The van der Waals surface area contributed by atoms with Gasteiger partial charge in [-0.25, -0.2) is 0 Å². The minimum atomic E-state index is 0.277. The SMILES string of the molecule is CCOc1ccc2c(c1)OCCN2.COc1ccc2c(c1)OCCN2.Cc1cc2c(cc1C)OCCN2.Cc1ccc2c(c1)OC(C)CN2.Cc1ccc2c(c1)OCC(C)N2.Cc1ccc2c(c1)OCCCN2.Cc1ccc2c(c1)OCCN2. The van der Waals surface area contributed by atoms with Gasteiger partial charge in [-0.1, -0.05) is 24.3 Å². The minimum Gasteiger partial charge on any atom is -0.497 e. The Bertz CT molecular complexity index is 3180. The molecule has 0 aliphatic carbocycles. The fourth-order valence-electron chi connectivity index (χ4n) is 9.40. The Hall–Kier alpha value is -8.66. The second-order valence-electron chi connectivity index (χ2n) is 21.3. The van der Waals surface area contributed by atoms with Crippen LogP contribution in [-0.2, 0) is 0 Å². The predicted molar refractivity (Wildman–Crippen MR) is 343 cm³/mol. The Morgan fingerprint density at radius 3 is 1.35 bits per heavy atom. The summed E-state index contributed by atoms with van der Waals surface area (Å²) in [4.78, 5) is 0. The van der Waals surface area contributed by atoms with Gasteiger partial charge in [0.15, 0.2) is 0 Å². The fraction of sp³-hybridized carbons (Fsp3) is 0.382. The van der Waals surface area contributed by atoms with E-state index in [-0.39, 0.29) is 6.10 Å². The number of anilines is 7. The molecule has 2 atom stereocenters. The maximum atomic E-state index is 5.65. The number of aryl methyl sites for hydroxylation is 6. The van der Waals surface area contributed by atoms with Gasteiger partial charge in [-0.2, -0.15) is 0 Å². The molecule has 84 heavy (non-hydrogen) atoms. The highest BCUT2D eigenvalue weighted by Gasteiger charge is 2.17. The van der Waals surface area contributed by atoms with E-state index in [9.17, 15) is 0 Å². The van der Waals surface area contributed by atoms with Gasteiger partial charge in [-0.15, -0.1) is 0 Å². The van der Waals surface area contributed by atoms with Gasteiger partial charge in [0.25, 0.3) is 0 Å². The van der Waals surface area contributed by atoms with Crippen LogP contribution < -0.4 is 79.8 Å². The minimum absolute atomic E-state index is 0.277. The topological polar surface area (TPSA) is 167 Å². The predicted octanol–water partition coefficient (Wildman–Crippen LogP) is 13.9. The maximum Gasteiger partial charge on any atom is 0.146 e. The molecule has 7 aromatic rings. The molecule has 7 heterocycles. The number of fused-ring (bicyclic) bond motifs is 7. The molecule has 0 saturated heterocycles. The van der Waals surface area contributed by atoms with Crippen LogP contribution in [0.25, 0.3) is 0 Å². The van der Waals surface area contributed by atoms with Crippen LogP contribution in [0.4, 0.5) is 39.8 Å². The summed E-state index contributed by atoms with van der Waals surface area (Å²) >= 11 is 0. The van der Waals surface area contributed by atoms with Crippen molar-refractivity contribution in [1.82, 2.24) is 0 Å². The Labute approximate surface area is 497 Å². The second-order valence-corrected chi connectivity index (χ2v) is 21.3. The molecule has 0 saturated carbocycles. The number of rotatable bonds is 3. The zero-order valence-electron chi connectivity index (χ0n) is 50.8. The lowest BCUT2D eigenvalue weighted by Crippen LogP contribution is -2.28. The van der Waals surface area contributed by atoms with Crippen molar-refractivity contribution in [3.05, 3.63) is 155 Å². The van der Waals surface area contributed by atoms with Crippen LogP contribution in [0.15, 0.2) is 121 Å². The van der Waals surface area contributed by atoms with Crippen LogP contribution in [0.5, 0.6) is 51.7 Å². The third-order valence-electron chi connectivity index (χ3n) is 14.0. The molecule has 7 N–H and O–H groups in total. The van der Waals surface area contributed by atoms with Crippen LogP contribution in [0, 0.1) is 41.5 Å². The third kappa shape index (κ3) is 18.4. The van der Waals surface area contributed by atoms with E-state index in [2.05, 4.69) is 178 Å². The van der Waals surface area contributed by atoms with E-state index in [1.54, 1.807) is 7.11 Å². The zero-order valence-corrected chi connectivity index (χ0v) is 50.8. The van der Waals surface area contributed by atoms with Gasteiger partial charge in [0.2, 0.25) is 0 Å². The normalized spacial score (nSPS) is 16.3. The highest BCUT2D eigenvalue weighted by Crippen LogP contribution is 2.35. The summed E-state index contributed by atoms with van der Waals surface area (Å²) in [7, 11) is 1.65. The number of methoxy groups -OCH3 is 1. The van der Waals surface area contributed by atoms with Crippen molar-refractivity contribution in [3.63, 3.8) is 0 Å². The lowest BCUT2D eigenvalue weighted by Gasteiger charge is -2.24. The highest BCUT2D eigenvalue weighted by atomic mass is 16.5. The fourth-order valence-corrected chi connectivity index (χ4v) is 9.40. The second kappa shape index (κ2) is 31.1. The van der Waals surface area contributed by atoms with Crippen molar-refractivity contribution >= 4 is 39.8 Å². The summed E-state index contributed by atoms with van der Waals surface area (Å²) in [6.45, 7) is 29.4. The standard InChI is InChI=1S/C10H13NO2.4C10H13NO.C9H11NO2.C9H11NO/c1-2-12-8-3-4-9-10(7-8)13-6-5-11-9;1-7-5-9-10(6-8(7)2)12-4-3-11-9;1-7-3-4-9-10(5-7)12-6-8(2)11-9;1-7-3-4-9-10(5-7)12-8(2)6-11-9;1-8-3-4-9-10(7-8)12-6-2-5-11-9;1-11-7-2-3-8-9(6-7)12-5-4-10-8;1-7-2-3-8-9(6-7)11-5-4-10-8/h3-4,7,11H,2,5-6H2,1H3;5-6,11H,3-4H2,1-2H3;2*3-5,8,11H,6H2,1-2H3;3-4,7,11H,2,5-6H2,1H3;2-3,6,10H,4-5H2,1H3;2-3,6,10H,4-5H2,1H3. The molecule has 7 aromatic carbocycles. The third-order valence-corrected chi connectivity index (χ3v) is 14.0. The van der Waals surface area contributed by atoms with Gasteiger partial charge >= 0.3 is 0 Å². The summed E-state index contributed by atoms with van der Waals surface area (Å²) in [6.07, 6.45) is 1.35. The molecular formula is C68H87N7O9. The molecule has 448 valence electrons. The van der Waals surface area contributed by atoms with Crippen molar-refractivity contribution in [2.24, 2.45) is 0 Å². The van der Waals surface area contributed by atoms with Crippen LogP contribution in [-0.4, -0.2) is 105 Å². The Morgan fingerprint density at radius 1 is 0.405 bits per heavy atom. The van der Waals surface area contributed by atoms with Crippen LogP contribution in [0.3, 0.4) is 0 Å². The van der Waals surface area contributed by atoms with Gasteiger partial charge in [0.1, 0.15) is 90.9 Å². The van der Waals surface area contributed by atoms with Crippen molar-refractivity contribution in [2.75, 3.05) is 130 Å². The van der Waals surface area contributed by atoms with Gasteiger partial charge < -0.3 is 79.8 Å². The van der Waals surface area contributed by atoms with E-state index in [1.807, 2.05) is 43.3 Å². The first-order valence-electron chi connectivity index (χ1n) is 29.4. The Balaban J connectivity index is 0.000000128. The van der Waals surface area contributed by atoms with Crippen LogP contribution >= 0.6 is 0 Å².